The molecule has 9 heteroatoms. The van der Waals surface area contributed by atoms with Crippen LogP contribution in [0.5, 0.6) is 11.5 Å². The number of non-ortho nitro benzene ring substituents is 1. The topological polar surface area (TPSA) is 138 Å². The number of nitrogens with one attached hydrogen (secondary N) is 2. The first-order valence-electron chi connectivity index (χ1n) is 7.66. The van der Waals surface area contributed by atoms with E-state index in [-0.39, 0.29) is 28.4 Å². The lowest BCUT2D eigenvalue weighted by atomic mass is 10.2. The van der Waals surface area contributed by atoms with Gasteiger partial charge in [-0.1, -0.05) is 6.07 Å². The van der Waals surface area contributed by atoms with E-state index < -0.39 is 10.8 Å². The van der Waals surface area contributed by atoms with Crippen LogP contribution in [0, 0.1) is 28.4 Å². The van der Waals surface area contributed by atoms with E-state index in [1.54, 1.807) is 18.2 Å². The third-order valence-corrected chi connectivity index (χ3v) is 3.53. The Labute approximate surface area is 154 Å². The Morgan fingerprint density at radius 2 is 2.00 bits per heavy atom. The summed E-state index contributed by atoms with van der Waals surface area (Å²) in [6, 6.07) is 10.3. The fraction of sp³-hybridized carbons (Fsp3) is 0.111. The molecule has 0 aromatic heterocycles. The molecule has 0 fully saturated rings. The SMILES string of the molecule is COc1cc([N+](=O)[O-])ccc1NC(=O)/C(C#N)=C\Nc1ccc(C)cc1O. The van der Waals surface area contributed by atoms with E-state index in [0.717, 1.165) is 17.8 Å². The van der Waals surface area contributed by atoms with Gasteiger partial charge in [0, 0.05) is 12.3 Å². The van der Waals surface area contributed by atoms with Gasteiger partial charge < -0.3 is 20.5 Å². The Balaban J connectivity index is 2.20. The van der Waals surface area contributed by atoms with Crippen LogP contribution in [0.2, 0.25) is 0 Å². The molecule has 27 heavy (non-hydrogen) atoms. The Morgan fingerprint density at radius 3 is 2.59 bits per heavy atom. The number of carbonyl (C=O) groups is 1. The van der Waals surface area contributed by atoms with Crippen LogP contribution in [0.1, 0.15) is 5.56 Å². The van der Waals surface area contributed by atoms with Gasteiger partial charge in [-0.25, -0.2) is 0 Å². The highest BCUT2D eigenvalue weighted by molar-refractivity contribution is 6.07. The lowest BCUT2D eigenvalue weighted by molar-refractivity contribution is -0.384. The molecule has 0 aliphatic rings. The summed E-state index contributed by atoms with van der Waals surface area (Å²) < 4.78 is 5.04. The van der Waals surface area contributed by atoms with E-state index in [1.165, 1.54) is 25.3 Å². The number of methoxy groups -OCH3 is 1. The number of nitro benzene ring substituents is 1. The molecule has 0 aliphatic carbocycles. The molecule has 0 radical (unpaired) electrons. The van der Waals surface area contributed by atoms with E-state index in [4.69, 9.17) is 4.74 Å². The molecule has 3 N–H and O–H groups in total. The van der Waals surface area contributed by atoms with Gasteiger partial charge in [0.1, 0.15) is 23.1 Å². The Kier molecular flexibility index (Phi) is 5.96. The number of aryl methyl sites for hydroxylation is 1. The first-order chi connectivity index (χ1) is 12.8. The van der Waals surface area contributed by atoms with Crippen molar-refractivity contribution in [2.45, 2.75) is 6.92 Å². The average molecular weight is 368 g/mol. The molecule has 2 aromatic carbocycles. The number of hydrogen-bond donors (Lipinski definition) is 3. The summed E-state index contributed by atoms with van der Waals surface area (Å²) >= 11 is 0. The molecule has 0 saturated carbocycles. The number of ether oxygens (including phenoxy) is 1. The maximum absolute atomic E-state index is 12.3. The minimum Gasteiger partial charge on any atom is -0.506 e. The summed E-state index contributed by atoms with van der Waals surface area (Å²) in [5.41, 5.74) is 0.889. The van der Waals surface area contributed by atoms with Gasteiger partial charge in [-0.2, -0.15) is 5.26 Å². The zero-order valence-corrected chi connectivity index (χ0v) is 14.5. The first kappa shape index (κ1) is 19.3. The van der Waals surface area contributed by atoms with Crippen LogP contribution in [0.3, 0.4) is 0 Å². The summed E-state index contributed by atoms with van der Waals surface area (Å²) in [7, 11) is 1.30. The smallest absolute Gasteiger partial charge is 0.273 e. The Hall–Kier alpha value is -4.06. The van der Waals surface area contributed by atoms with Crippen LogP contribution in [0.25, 0.3) is 0 Å². The minimum absolute atomic E-state index is 0.0269. The van der Waals surface area contributed by atoms with Gasteiger partial charge in [0.2, 0.25) is 0 Å². The molecule has 0 unspecified atom stereocenters. The second-order valence-corrected chi connectivity index (χ2v) is 5.43. The van der Waals surface area contributed by atoms with Crippen LogP contribution in [-0.2, 0) is 4.79 Å². The van der Waals surface area contributed by atoms with Crippen molar-refractivity contribution in [3.63, 3.8) is 0 Å². The van der Waals surface area contributed by atoms with E-state index in [2.05, 4.69) is 10.6 Å². The minimum atomic E-state index is -0.747. The van der Waals surface area contributed by atoms with Gasteiger partial charge in [0.25, 0.3) is 11.6 Å². The van der Waals surface area contributed by atoms with E-state index in [9.17, 15) is 25.3 Å². The largest absolute Gasteiger partial charge is 0.506 e. The first-order valence-corrected chi connectivity index (χ1v) is 7.66. The zero-order chi connectivity index (χ0) is 20.0. The molecular formula is C18H16N4O5. The van der Waals surface area contributed by atoms with Crippen LogP contribution < -0.4 is 15.4 Å². The van der Waals surface area contributed by atoms with Gasteiger partial charge in [-0.15, -0.1) is 0 Å². The Morgan fingerprint density at radius 1 is 1.30 bits per heavy atom. The van der Waals surface area contributed by atoms with Gasteiger partial charge in [-0.05, 0) is 30.7 Å². The molecule has 138 valence electrons. The van der Waals surface area contributed by atoms with E-state index in [0.29, 0.717) is 5.69 Å². The Bertz CT molecular complexity index is 963. The summed E-state index contributed by atoms with van der Waals surface area (Å²) in [5.74, 6) is -0.691. The normalized spacial score (nSPS) is 10.6. The number of amides is 1. The quantitative estimate of drug-likeness (QED) is 0.234. The number of nitro groups is 1. The highest BCUT2D eigenvalue weighted by Crippen LogP contribution is 2.29. The van der Waals surface area contributed by atoms with Crippen LogP contribution in [0.4, 0.5) is 17.1 Å². The second-order valence-electron chi connectivity index (χ2n) is 5.43. The molecule has 9 nitrogen and oxygen atoms in total. The highest BCUT2D eigenvalue weighted by Gasteiger charge is 2.16. The number of benzene rings is 2. The lowest BCUT2D eigenvalue weighted by Gasteiger charge is -2.10. The molecule has 0 atom stereocenters. The number of phenolic OH excluding ortho intramolecular Hbond substituents is 1. The third-order valence-electron chi connectivity index (χ3n) is 3.53. The lowest BCUT2D eigenvalue weighted by Crippen LogP contribution is -2.15. The average Bonchev–Trinajstić information content (AvgIpc) is 2.63. The van der Waals surface area contributed by atoms with E-state index >= 15 is 0 Å². The van der Waals surface area contributed by atoms with Crippen LogP contribution >= 0.6 is 0 Å². The van der Waals surface area contributed by atoms with Gasteiger partial charge in [0.05, 0.1) is 29.5 Å². The van der Waals surface area contributed by atoms with Crippen molar-refractivity contribution in [3.05, 3.63) is 63.8 Å². The van der Waals surface area contributed by atoms with Crippen molar-refractivity contribution in [1.29, 1.82) is 5.26 Å². The van der Waals surface area contributed by atoms with Gasteiger partial charge in [0.15, 0.2) is 0 Å². The van der Waals surface area contributed by atoms with Crippen molar-refractivity contribution >= 4 is 23.0 Å². The standard InChI is InChI=1S/C18H16N4O5/c1-11-3-5-14(16(23)7-11)20-10-12(9-19)18(24)21-15-6-4-13(22(25)26)8-17(15)27-2/h3-8,10,20,23H,1-2H3,(H,21,24)/b12-10-. The van der Waals surface area contributed by atoms with Crippen molar-refractivity contribution in [1.82, 2.24) is 0 Å². The van der Waals surface area contributed by atoms with Crippen molar-refractivity contribution < 1.29 is 19.6 Å². The van der Waals surface area contributed by atoms with Crippen molar-refractivity contribution in [2.75, 3.05) is 17.7 Å². The molecule has 2 aromatic rings. The molecule has 0 bridgehead atoms. The molecule has 2 rings (SSSR count). The molecule has 1 amide bonds. The molecule has 0 saturated heterocycles. The molecule has 0 heterocycles. The monoisotopic (exact) mass is 368 g/mol. The second kappa shape index (κ2) is 8.35. The molecule has 0 spiro atoms. The van der Waals surface area contributed by atoms with E-state index in [1.807, 2.05) is 6.92 Å². The maximum atomic E-state index is 12.3. The number of aromatic hydroxyl groups is 1. The summed E-state index contributed by atoms with van der Waals surface area (Å²) in [5, 5.41) is 35.0. The summed E-state index contributed by atoms with van der Waals surface area (Å²) in [6.45, 7) is 1.81. The van der Waals surface area contributed by atoms with Gasteiger partial charge in [-0.3, -0.25) is 14.9 Å². The van der Waals surface area contributed by atoms with Gasteiger partial charge >= 0.3 is 0 Å². The van der Waals surface area contributed by atoms with Crippen molar-refractivity contribution in [3.8, 4) is 17.6 Å². The number of phenols is 1. The van der Waals surface area contributed by atoms with Crippen LogP contribution in [0.15, 0.2) is 48.2 Å². The fourth-order valence-corrected chi connectivity index (χ4v) is 2.15. The summed E-state index contributed by atoms with van der Waals surface area (Å²) in [4.78, 5) is 22.5. The predicted molar refractivity (Wildman–Crippen MR) is 98.4 cm³/mol. The molecule has 0 aliphatic heterocycles. The number of nitriles is 1. The third kappa shape index (κ3) is 4.73. The fourth-order valence-electron chi connectivity index (χ4n) is 2.15. The summed E-state index contributed by atoms with van der Waals surface area (Å²) in [6.07, 6.45) is 1.15. The molecular weight excluding hydrogens is 352 g/mol. The number of carbonyl (C=O) groups excluding carboxylic acids is 1. The number of hydrogen-bond acceptors (Lipinski definition) is 7. The van der Waals surface area contributed by atoms with Crippen LogP contribution in [-0.4, -0.2) is 23.0 Å². The number of anilines is 2. The highest BCUT2D eigenvalue weighted by atomic mass is 16.6. The maximum Gasteiger partial charge on any atom is 0.273 e. The number of rotatable bonds is 6. The van der Waals surface area contributed by atoms with Crippen molar-refractivity contribution in [2.24, 2.45) is 0 Å². The predicted octanol–water partition coefficient (Wildman–Crippen LogP) is 3.08. The number of nitrogens with zero attached hydrogens (tertiary/aromatic N) is 2. The zero-order valence-electron chi connectivity index (χ0n) is 14.5.